The van der Waals surface area contributed by atoms with Crippen LogP contribution in [0.3, 0.4) is 0 Å². The largest absolute Gasteiger partial charge is 0.375 e. The van der Waals surface area contributed by atoms with Crippen LogP contribution in [-0.4, -0.2) is 39.1 Å². The van der Waals surface area contributed by atoms with Gasteiger partial charge in [-0.05, 0) is 64.2 Å². The lowest BCUT2D eigenvalue weighted by atomic mass is 10.1. The lowest BCUT2D eigenvalue weighted by Crippen LogP contribution is -2.23. The highest BCUT2D eigenvalue weighted by molar-refractivity contribution is 5.49. The molecule has 2 nitrogen and oxygen atoms in total. The van der Waals surface area contributed by atoms with Crippen LogP contribution in [-0.2, 0) is 0 Å². The minimum Gasteiger partial charge on any atom is -0.375 e. The summed E-state index contributed by atoms with van der Waals surface area (Å²) in [5, 5.41) is 0. The van der Waals surface area contributed by atoms with Gasteiger partial charge in [-0.3, -0.25) is 0 Å². The highest BCUT2D eigenvalue weighted by atomic mass is 15.1. The van der Waals surface area contributed by atoms with Gasteiger partial charge in [0.25, 0.3) is 0 Å². The Bertz CT molecular complexity index is 332. The van der Waals surface area contributed by atoms with Crippen LogP contribution in [0.2, 0.25) is 0 Å². The van der Waals surface area contributed by atoms with E-state index in [9.17, 15) is 0 Å². The molecule has 0 N–H and O–H groups in total. The molecule has 1 aromatic carbocycles. The average molecular weight is 220 g/mol. The van der Waals surface area contributed by atoms with E-state index in [0.717, 1.165) is 13.1 Å². The summed E-state index contributed by atoms with van der Waals surface area (Å²) >= 11 is 0. The van der Waals surface area contributed by atoms with Gasteiger partial charge in [-0.25, -0.2) is 0 Å². The quantitative estimate of drug-likeness (QED) is 0.753. The van der Waals surface area contributed by atoms with Crippen molar-refractivity contribution in [1.29, 1.82) is 0 Å². The first-order chi connectivity index (χ1) is 7.50. The Labute approximate surface area is 99.9 Å². The molecule has 1 rings (SSSR count). The normalized spacial score (nSPS) is 10.9. The third-order valence-electron chi connectivity index (χ3n) is 3.03. The molecule has 0 saturated heterocycles. The van der Waals surface area contributed by atoms with Gasteiger partial charge in [0.1, 0.15) is 0 Å². The van der Waals surface area contributed by atoms with Crippen LogP contribution in [0.5, 0.6) is 0 Å². The zero-order valence-corrected chi connectivity index (χ0v) is 11.2. The summed E-state index contributed by atoms with van der Waals surface area (Å²) in [5.41, 5.74) is 4.06. The lowest BCUT2D eigenvalue weighted by Gasteiger charge is -2.21. The maximum Gasteiger partial charge on any atom is 0.0366 e. The maximum atomic E-state index is 2.33. The summed E-state index contributed by atoms with van der Waals surface area (Å²) in [6.07, 6.45) is 1.20. The van der Waals surface area contributed by atoms with E-state index < -0.39 is 0 Å². The second-order valence-corrected chi connectivity index (χ2v) is 4.85. The fourth-order valence-corrected chi connectivity index (χ4v) is 1.72. The zero-order chi connectivity index (χ0) is 12.1. The predicted octanol–water partition coefficient (Wildman–Crippen LogP) is 2.69. The second kappa shape index (κ2) is 5.90. The Kier molecular flexibility index (Phi) is 4.81. The first kappa shape index (κ1) is 13.0. The van der Waals surface area contributed by atoms with Crippen molar-refractivity contribution in [2.24, 2.45) is 0 Å². The highest BCUT2D eigenvalue weighted by Crippen LogP contribution is 2.17. The van der Waals surface area contributed by atoms with Crippen LogP contribution >= 0.6 is 0 Å². The molecule has 16 heavy (non-hydrogen) atoms. The molecule has 0 amide bonds. The molecule has 0 radical (unpaired) electrons. The molecule has 0 aliphatic carbocycles. The Morgan fingerprint density at radius 2 is 1.62 bits per heavy atom. The topological polar surface area (TPSA) is 6.48 Å². The minimum atomic E-state index is 1.11. The number of nitrogens with zero attached hydrogens (tertiary/aromatic N) is 2. The van der Waals surface area contributed by atoms with E-state index in [1.807, 2.05) is 0 Å². The molecular weight excluding hydrogens is 196 g/mol. The van der Waals surface area contributed by atoms with E-state index in [1.54, 1.807) is 0 Å². The molecule has 0 unspecified atom stereocenters. The monoisotopic (exact) mass is 220 g/mol. The molecule has 0 atom stereocenters. The number of hydrogen-bond donors (Lipinski definition) is 0. The van der Waals surface area contributed by atoms with E-state index in [-0.39, 0.29) is 0 Å². The summed E-state index contributed by atoms with van der Waals surface area (Å²) in [5.74, 6) is 0. The van der Waals surface area contributed by atoms with Crippen LogP contribution in [0.1, 0.15) is 17.5 Å². The molecule has 0 aromatic heterocycles. The predicted molar refractivity (Wildman–Crippen MR) is 72.4 cm³/mol. The molecule has 0 fully saturated rings. The molecule has 2 heteroatoms. The first-order valence-electron chi connectivity index (χ1n) is 5.94. The fraction of sp³-hybridized carbons (Fsp3) is 0.571. The number of anilines is 1. The van der Waals surface area contributed by atoms with Crippen molar-refractivity contribution in [3.8, 4) is 0 Å². The molecule has 0 bridgehead atoms. The van der Waals surface area contributed by atoms with E-state index in [2.05, 4.69) is 63.0 Å². The van der Waals surface area contributed by atoms with Crippen molar-refractivity contribution in [2.45, 2.75) is 20.3 Å². The molecule has 90 valence electrons. The van der Waals surface area contributed by atoms with Gasteiger partial charge >= 0.3 is 0 Å². The Morgan fingerprint density at radius 3 is 2.19 bits per heavy atom. The number of benzene rings is 1. The SMILES string of the molecule is Cc1ccc(N(C)CCCN(C)C)cc1C. The Balaban J connectivity index is 2.52. The van der Waals surface area contributed by atoms with Gasteiger partial charge in [0.05, 0.1) is 0 Å². The van der Waals surface area contributed by atoms with E-state index >= 15 is 0 Å². The fourth-order valence-electron chi connectivity index (χ4n) is 1.72. The van der Waals surface area contributed by atoms with Crippen molar-refractivity contribution < 1.29 is 0 Å². The number of rotatable bonds is 5. The lowest BCUT2D eigenvalue weighted by molar-refractivity contribution is 0.401. The highest BCUT2D eigenvalue weighted by Gasteiger charge is 2.02. The van der Waals surface area contributed by atoms with E-state index in [0.29, 0.717) is 0 Å². The van der Waals surface area contributed by atoms with E-state index in [4.69, 9.17) is 0 Å². The van der Waals surface area contributed by atoms with Crippen LogP contribution < -0.4 is 4.90 Å². The van der Waals surface area contributed by atoms with Gasteiger partial charge in [-0.1, -0.05) is 6.07 Å². The third-order valence-corrected chi connectivity index (χ3v) is 3.03. The molecule has 0 heterocycles. The van der Waals surface area contributed by atoms with Crippen molar-refractivity contribution in [3.63, 3.8) is 0 Å². The second-order valence-electron chi connectivity index (χ2n) is 4.85. The molecule has 0 spiro atoms. The molecule has 0 saturated carbocycles. The average Bonchev–Trinajstić information content (AvgIpc) is 2.21. The van der Waals surface area contributed by atoms with Crippen molar-refractivity contribution in [3.05, 3.63) is 29.3 Å². The number of aryl methyl sites for hydroxylation is 2. The van der Waals surface area contributed by atoms with E-state index in [1.165, 1.54) is 23.2 Å². The summed E-state index contributed by atoms with van der Waals surface area (Å²) in [6, 6.07) is 6.68. The van der Waals surface area contributed by atoms with Crippen LogP contribution in [0.25, 0.3) is 0 Å². The summed E-state index contributed by atoms with van der Waals surface area (Å²) in [4.78, 5) is 4.56. The van der Waals surface area contributed by atoms with Gasteiger partial charge < -0.3 is 9.80 Å². The molecule has 1 aromatic rings. The summed E-state index contributed by atoms with van der Waals surface area (Å²) < 4.78 is 0. The van der Waals surface area contributed by atoms with Crippen LogP contribution in [0, 0.1) is 13.8 Å². The Morgan fingerprint density at radius 1 is 0.938 bits per heavy atom. The molecular formula is C14H24N2. The van der Waals surface area contributed by atoms with Gasteiger partial charge in [0.15, 0.2) is 0 Å². The molecule has 0 aliphatic rings. The number of hydrogen-bond acceptors (Lipinski definition) is 2. The standard InChI is InChI=1S/C14H24N2/c1-12-7-8-14(11-13(12)2)16(5)10-6-9-15(3)4/h7-8,11H,6,9-10H2,1-5H3. The van der Waals surface area contributed by atoms with Crippen molar-refractivity contribution in [2.75, 3.05) is 39.1 Å². The maximum absolute atomic E-state index is 2.33. The first-order valence-corrected chi connectivity index (χ1v) is 5.94. The van der Waals surface area contributed by atoms with Gasteiger partial charge in [-0.2, -0.15) is 0 Å². The van der Waals surface area contributed by atoms with Crippen LogP contribution in [0.4, 0.5) is 5.69 Å². The summed E-state index contributed by atoms with van der Waals surface area (Å²) in [7, 11) is 6.41. The van der Waals surface area contributed by atoms with Crippen LogP contribution in [0.15, 0.2) is 18.2 Å². The van der Waals surface area contributed by atoms with Gasteiger partial charge in [0.2, 0.25) is 0 Å². The van der Waals surface area contributed by atoms with Gasteiger partial charge in [0, 0.05) is 19.3 Å². The third kappa shape index (κ3) is 3.86. The van der Waals surface area contributed by atoms with Crippen molar-refractivity contribution in [1.82, 2.24) is 4.90 Å². The molecule has 0 aliphatic heterocycles. The van der Waals surface area contributed by atoms with Gasteiger partial charge in [-0.15, -0.1) is 0 Å². The smallest absolute Gasteiger partial charge is 0.0366 e. The zero-order valence-electron chi connectivity index (χ0n) is 11.2. The van der Waals surface area contributed by atoms with Crippen molar-refractivity contribution >= 4 is 5.69 Å². The summed E-state index contributed by atoms with van der Waals surface area (Å²) in [6.45, 7) is 6.59. The minimum absolute atomic E-state index is 1.11. The Hall–Kier alpha value is -1.02.